The number of amides is 2. The summed E-state index contributed by atoms with van der Waals surface area (Å²) in [4.78, 5) is 26.6. The molecule has 1 unspecified atom stereocenters. The summed E-state index contributed by atoms with van der Waals surface area (Å²) in [6.07, 6.45) is 2.21. The van der Waals surface area contributed by atoms with Crippen LogP contribution in [-0.4, -0.2) is 42.1 Å². The maximum atomic E-state index is 12.4. The summed E-state index contributed by atoms with van der Waals surface area (Å²) >= 11 is 0. The highest BCUT2D eigenvalue weighted by Crippen LogP contribution is 2.20. The summed E-state index contributed by atoms with van der Waals surface area (Å²) in [5, 5.41) is 8.87. The number of carboxylic acids is 1. The van der Waals surface area contributed by atoms with E-state index in [0.717, 1.165) is 19.5 Å². The summed E-state index contributed by atoms with van der Waals surface area (Å²) in [5.74, 6) is -0.425. The van der Waals surface area contributed by atoms with E-state index in [0.29, 0.717) is 11.6 Å². The zero-order valence-corrected chi connectivity index (χ0v) is 11.9. The first-order valence-corrected chi connectivity index (χ1v) is 6.85. The third-order valence-corrected chi connectivity index (χ3v) is 3.72. The van der Waals surface area contributed by atoms with Gasteiger partial charge in [-0.3, -0.25) is 4.90 Å². The fourth-order valence-electron chi connectivity index (χ4n) is 2.51. The fraction of sp³-hybridized carbons (Fsp3) is 0.467. The number of benzene rings is 1. The van der Waals surface area contributed by atoms with E-state index in [1.807, 2.05) is 4.90 Å². The number of piperidine rings is 1. The number of nitrogens with zero attached hydrogens (tertiary/aromatic N) is 2. The van der Waals surface area contributed by atoms with E-state index in [4.69, 9.17) is 5.11 Å². The molecule has 0 aromatic heterocycles. The van der Waals surface area contributed by atoms with Gasteiger partial charge in [0.25, 0.3) is 0 Å². The highest BCUT2D eigenvalue weighted by atomic mass is 16.4. The minimum atomic E-state index is -0.963. The van der Waals surface area contributed by atoms with E-state index in [2.05, 4.69) is 6.92 Å². The van der Waals surface area contributed by atoms with Gasteiger partial charge in [-0.05, 0) is 43.0 Å². The van der Waals surface area contributed by atoms with Crippen molar-refractivity contribution in [3.8, 4) is 0 Å². The first-order valence-electron chi connectivity index (χ1n) is 6.85. The highest BCUT2D eigenvalue weighted by Gasteiger charge is 2.24. The summed E-state index contributed by atoms with van der Waals surface area (Å²) in [6.45, 7) is 3.73. The molecule has 1 aliphatic heterocycles. The van der Waals surface area contributed by atoms with E-state index in [1.165, 1.54) is 18.6 Å². The fourth-order valence-corrected chi connectivity index (χ4v) is 2.51. The van der Waals surface area contributed by atoms with E-state index in [1.54, 1.807) is 24.1 Å². The monoisotopic (exact) mass is 276 g/mol. The van der Waals surface area contributed by atoms with Crippen molar-refractivity contribution < 1.29 is 14.7 Å². The molecule has 2 amide bonds. The molecule has 1 fully saturated rings. The number of rotatable bonds is 2. The SMILES string of the molecule is CC1CCCN(C(=O)N(C)c2ccc(C(=O)O)cc2)C1. The van der Waals surface area contributed by atoms with Gasteiger partial charge in [0.15, 0.2) is 0 Å². The van der Waals surface area contributed by atoms with Crippen LogP contribution in [0.5, 0.6) is 0 Å². The molecular weight excluding hydrogens is 256 g/mol. The van der Waals surface area contributed by atoms with Crippen molar-refractivity contribution in [1.82, 2.24) is 4.90 Å². The Morgan fingerprint density at radius 3 is 2.50 bits per heavy atom. The Morgan fingerprint density at radius 2 is 1.95 bits per heavy atom. The Hall–Kier alpha value is -2.04. The van der Waals surface area contributed by atoms with Crippen LogP contribution in [0.25, 0.3) is 0 Å². The van der Waals surface area contributed by atoms with Gasteiger partial charge in [0.1, 0.15) is 0 Å². The zero-order chi connectivity index (χ0) is 14.7. The zero-order valence-electron chi connectivity index (χ0n) is 11.9. The Balaban J connectivity index is 2.07. The van der Waals surface area contributed by atoms with Gasteiger partial charge in [0, 0.05) is 25.8 Å². The van der Waals surface area contributed by atoms with Crippen molar-refractivity contribution >= 4 is 17.7 Å². The van der Waals surface area contributed by atoms with E-state index < -0.39 is 5.97 Å². The molecular formula is C15H20N2O3. The second-order valence-electron chi connectivity index (χ2n) is 5.39. The molecule has 1 aromatic rings. The molecule has 0 saturated carbocycles. The highest BCUT2D eigenvalue weighted by molar-refractivity contribution is 5.93. The first-order chi connectivity index (χ1) is 9.49. The van der Waals surface area contributed by atoms with E-state index in [-0.39, 0.29) is 11.6 Å². The normalized spacial score (nSPS) is 18.7. The number of carbonyl (C=O) groups is 2. The molecule has 108 valence electrons. The number of aromatic carboxylic acids is 1. The van der Waals surface area contributed by atoms with Gasteiger partial charge in [-0.25, -0.2) is 9.59 Å². The van der Waals surface area contributed by atoms with Crippen molar-refractivity contribution in [2.45, 2.75) is 19.8 Å². The lowest BCUT2D eigenvalue weighted by Crippen LogP contribution is -2.45. The summed E-state index contributed by atoms with van der Waals surface area (Å²) in [7, 11) is 1.72. The second-order valence-corrected chi connectivity index (χ2v) is 5.39. The van der Waals surface area contributed by atoms with Crippen LogP contribution < -0.4 is 4.90 Å². The molecule has 20 heavy (non-hydrogen) atoms. The molecule has 0 bridgehead atoms. The summed E-state index contributed by atoms with van der Waals surface area (Å²) in [5.41, 5.74) is 0.930. The topological polar surface area (TPSA) is 60.9 Å². The molecule has 2 rings (SSSR count). The average molecular weight is 276 g/mol. The molecule has 1 atom stereocenters. The number of carbonyl (C=O) groups excluding carboxylic acids is 1. The summed E-state index contributed by atoms with van der Waals surface area (Å²) < 4.78 is 0. The molecule has 0 radical (unpaired) electrons. The summed E-state index contributed by atoms with van der Waals surface area (Å²) in [6, 6.07) is 6.32. The maximum Gasteiger partial charge on any atom is 0.335 e. The molecule has 0 aliphatic carbocycles. The largest absolute Gasteiger partial charge is 0.478 e. The number of likely N-dealkylation sites (tertiary alicyclic amines) is 1. The third-order valence-electron chi connectivity index (χ3n) is 3.72. The number of urea groups is 1. The number of hydrogen-bond donors (Lipinski definition) is 1. The molecule has 0 spiro atoms. The predicted octanol–water partition coefficient (Wildman–Crippen LogP) is 2.67. The van der Waals surface area contributed by atoms with Crippen molar-refractivity contribution in [2.75, 3.05) is 25.0 Å². The van der Waals surface area contributed by atoms with Gasteiger partial charge in [0.05, 0.1) is 5.56 Å². The van der Waals surface area contributed by atoms with Gasteiger partial charge in [-0.15, -0.1) is 0 Å². The number of carboxylic acid groups (broad SMARTS) is 1. The quantitative estimate of drug-likeness (QED) is 0.903. The van der Waals surface area contributed by atoms with E-state index >= 15 is 0 Å². The number of anilines is 1. The third kappa shape index (κ3) is 3.10. The van der Waals surface area contributed by atoms with Crippen LogP contribution in [0.1, 0.15) is 30.1 Å². The van der Waals surface area contributed by atoms with Crippen molar-refractivity contribution in [3.63, 3.8) is 0 Å². The molecule has 1 heterocycles. The van der Waals surface area contributed by atoms with Crippen LogP contribution >= 0.6 is 0 Å². The van der Waals surface area contributed by atoms with Gasteiger partial charge in [0.2, 0.25) is 0 Å². The number of hydrogen-bond acceptors (Lipinski definition) is 2. The lowest BCUT2D eigenvalue weighted by Gasteiger charge is -2.34. The van der Waals surface area contributed by atoms with Gasteiger partial charge < -0.3 is 10.0 Å². The van der Waals surface area contributed by atoms with Crippen LogP contribution in [0.4, 0.5) is 10.5 Å². The first kappa shape index (κ1) is 14.4. The molecule has 1 saturated heterocycles. The molecule has 5 nitrogen and oxygen atoms in total. The smallest absolute Gasteiger partial charge is 0.335 e. The van der Waals surface area contributed by atoms with Crippen molar-refractivity contribution in [1.29, 1.82) is 0 Å². The average Bonchev–Trinajstić information content (AvgIpc) is 2.46. The Bertz CT molecular complexity index is 498. The van der Waals surface area contributed by atoms with Crippen LogP contribution in [0.15, 0.2) is 24.3 Å². The van der Waals surface area contributed by atoms with Crippen LogP contribution in [0.2, 0.25) is 0 Å². The predicted molar refractivity (Wildman–Crippen MR) is 77.2 cm³/mol. The molecule has 1 N–H and O–H groups in total. The van der Waals surface area contributed by atoms with Crippen molar-refractivity contribution in [3.05, 3.63) is 29.8 Å². The van der Waals surface area contributed by atoms with Gasteiger partial charge in [-0.1, -0.05) is 6.92 Å². The van der Waals surface area contributed by atoms with Gasteiger partial charge in [-0.2, -0.15) is 0 Å². The Morgan fingerprint density at radius 1 is 1.30 bits per heavy atom. The molecule has 1 aromatic carbocycles. The van der Waals surface area contributed by atoms with Crippen LogP contribution in [-0.2, 0) is 0 Å². The van der Waals surface area contributed by atoms with E-state index in [9.17, 15) is 9.59 Å². The molecule has 1 aliphatic rings. The van der Waals surface area contributed by atoms with Crippen LogP contribution in [0, 0.1) is 5.92 Å². The minimum absolute atomic E-state index is 0.0281. The Labute approximate surface area is 118 Å². The lowest BCUT2D eigenvalue weighted by molar-refractivity contribution is 0.0697. The van der Waals surface area contributed by atoms with Gasteiger partial charge >= 0.3 is 12.0 Å². The maximum absolute atomic E-state index is 12.4. The van der Waals surface area contributed by atoms with Crippen LogP contribution in [0.3, 0.4) is 0 Å². The standard InChI is InChI=1S/C15H20N2O3/c1-11-4-3-9-17(10-11)15(20)16(2)13-7-5-12(6-8-13)14(18)19/h5-8,11H,3-4,9-10H2,1-2H3,(H,18,19). The van der Waals surface area contributed by atoms with Crippen molar-refractivity contribution in [2.24, 2.45) is 5.92 Å². The second kappa shape index (κ2) is 5.94. The molecule has 5 heteroatoms. The lowest BCUT2D eigenvalue weighted by atomic mass is 10.0. The Kier molecular flexibility index (Phi) is 4.27. The minimum Gasteiger partial charge on any atom is -0.478 e.